The van der Waals surface area contributed by atoms with Gasteiger partial charge in [-0.2, -0.15) is 0 Å². The quantitative estimate of drug-likeness (QED) is 0.912. The molecule has 0 saturated carbocycles. The minimum atomic E-state index is 0.0403. The van der Waals surface area contributed by atoms with Crippen LogP contribution in [0.1, 0.15) is 44.6 Å². The van der Waals surface area contributed by atoms with Gasteiger partial charge in [-0.05, 0) is 43.4 Å². The summed E-state index contributed by atoms with van der Waals surface area (Å²) in [5, 5.41) is 2.98. The van der Waals surface area contributed by atoms with Crippen molar-refractivity contribution in [3.05, 3.63) is 30.1 Å². The van der Waals surface area contributed by atoms with Gasteiger partial charge in [0.25, 0.3) is 0 Å². The highest BCUT2D eigenvalue weighted by Gasteiger charge is 2.42. The topological polar surface area (TPSA) is 65.5 Å². The lowest BCUT2D eigenvalue weighted by molar-refractivity contribution is -0.139. The van der Waals surface area contributed by atoms with Gasteiger partial charge in [-0.1, -0.05) is 6.92 Å². The molecule has 1 atom stereocenters. The van der Waals surface area contributed by atoms with Gasteiger partial charge in [-0.3, -0.25) is 9.78 Å². The molecule has 0 radical (unpaired) electrons. The summed E-state index contributed by atoms with van der Waals surface area (Å²) < 4.78 is 0. The molecule has 25 heavy (non-hydrogen) atoms. The highest BCUT2D eigenvalue weighted by molar-refractivity contribution is 5.77. The second-order valence-electron chi connectivity index (χ2n) is 7.36. The maximum atomic E-state index is 12.4. The van der Waals surface area contributed by atoms with E-state index >= 15 is 0 Å². The molecule has 2 saturated heterocycles. The smallest absolute Gasteiger partial charge is 0.317 e. The SMILES string of the molecule is CCCNC(=O)N1CCCC2(CCC(=O)N(Cc3ccncc3)C2)C1. The first kappa shape index (κ1) is 17.7. The van der Waals surface area contributed by atoms with E-state index in [4.69, 9.17) is 0 Å². The Kier molecular flexibility index (Phi) is 5.56. The molecule has 3 heterocycles. The molecule has 3 rings (SSSR count). The largest absolute Gasteiger partial charge is 0.338 e. The molecule has 0 bridgehead atoms. The molecule has 1 unspecified atom stereocenters. The molecule has 1 aromatic heterocycles. The van der Waals surface area contributed by atoms with Crippen LogP contribution in [0.5, 0.6) is 0 Å². The summed E-state index contributed by atoms with van der Waals surface area (Å²) in [7, 11) is 0. The van der Waals surface area contributed by atoms with Crippen molar-refractivity contribution < 1.29 is 9.59 Å². The fraction of sp³-hybridized carbons (Fsp3) is 0.632. The third kappa shape index (κ3) is 4.30. The number of nitrogens with zero attached hydrogens (tertiary/aromatic N) is 3. The van der Waals surface area contributed by atoms with Crippen molar-refractivity contribution in [2.24, 2.45) is 5.41 Å². The van der Waals surface area contributed by atoms with Crippen molar-refractivity contribution in [2.45, 2.75) is 45.6 Å². The van der Waals surface area contributed by atoms with Gasteiger partial charge in [0.1, 0.15) is 0 Å². The number of carbonyl (C=O) groups is 2. The number of pyridine rings is 1. The fourth-order valence-electron chi connectivity index (χ4n) is 4.01. The zero-order chi connectivity index (χ0) is 17.7. The maximum absolute atomic E-state index is 12.4. The van der Waals surface area contributed by atoms with Gasteiger partial charge in [0.05, 0.1) is 0 Å². The summed E-state index contributed by atoms with van der Waals surface area (Å²) in [6.45, 7) is 5.71. The Bertz CT molecular complexity index is 607. The number of hydrogen-bond acceptors (Lipinski definition) is 3. The first-order valence-electron chi connectivity index (χ1n) is 9.31. The van der Waals surface area contributed by atoms with Crippen LogP contribution in [0.15, 0.2) is 24.5 Å². The van der Waals surface area contributed by atoms with E-state index in [1.807, 2.05) is 21.9 Å². The van der Waals surface area contributed by atoms with Gasteiger partial charge in [-0.15, -0.1) is 0 Å². The Morgan fingerprint density at radius 3 is 2.84 bits per heavy atom. The van der Waals surface area contributed by atoms with Gasteiger partial charge in [0.2, 0.25) is 5.91 Å². The number of piperidine rings is 2. The lowest BCUT2D eigenvalue weighted by Gasteiger charge is -2.48. The minimum Gasteiger partial charge on any atom is -0.338 e. The molecule has 1 aromatic rings. The number of nitrogens with one attached hydrogen (secondary N) is 1. The highest BCUT2D eigenvalue weighted by atomic mass is 16.2. The van der Waals surface area contributed by atoms with Crippen molar-refractivity contribution in [3.63, 3.8) is 0 Å². The number of hydrogen-bond donors (Lipinski definition) is 1. The summed E-state index contributed by atoms with van der Waals surface area (Å²) in [5.74, 6) is 0.218. The number of aromatic nitrogens is 1. The summed E-state index contributed by atoms with van der Waals surface area (Å²) in [6.07, 6.45) is 8.03. The van der Waals surface area contributed by atoms with Gasteiger partial charge >= 0.3 is 6.03 Å². The summed E-state index contributed by atoms with van der Waals surface area (Å²) >= 11 is 0. The number of amides is 3. The maximum Gasteiger partial charge on any atom is 0.317 e. The number of carbonyl (C=O) groups excluding carboxylic acids is 2. The Labute approximate surface area is 149 Å². The lowest BCUT2D eigenvalue weighted by atomic mass is 9.73. The summed E-state index contributed by atoms with van der Waals surface area (Å²) in [5.41, 5.74) is 1.15. The zero-order valence-electron chi connectivity index (χ0n) is 15.0. The Hall–Kier alpha value is -2.11. The van der Waals surface area contributed by atoms with Crippen molar-refractivity contribution in [1.29, 1.82) is 0 Å². The average molecular weight is 344 g/mol. The predicted octanol–water partition coefficient (Wildman–Crippen LogP) is 2.41. The van der Waals surface area contributed by atoms with E-state index in [1.165, 1.54) is 0 Å². The van der Waals surface area contributed by atoms with Crippen molar-refractivity contribution in [2.75, 3.05) is 26.2 Å². The van der Waals surface area contributed by atoms with Gasteiger partial charge in [-0.25, -0.2) is 4.79 Å². The first-order valence-corrected chi connectivity index (χ1v) is 9.31. The van der Waals surface area contributed by atoms with E-state index in [0.29, 0.717) is 13.0 Å². The van der Waals surface area contributed by atoms with E-state index in [2.05, 4.69) is 17.2 Å². The molecule has 1 spiro atoms. The van der Waals surface area contributed by atoms with Crippen LogP contribution in [-0.2, 0) is 11.3 Å². The third-order valence-electron chi connectivity index (χ3n) is 5.35. The van der Waals surface area contributed by atoms with Crippen LogP contribution >= 0.6 is 0 Å². The second-order valence-corrected chi connectivity index (χ2v) is 7.36. The normalized spacial score (nSPS) is 23.8. The Balaban J connectivity index is 1.66. The molecule has 6 nitrogen and oxygen atoms in total. The monoisotopic (exact) mass is 344 g/mol. The average Bonchev–Trinajstić information content (AvgIpc) is 2.64. The van der Waals surface area contributed by atoms with Crippen LogP contribution < -0.4 is 5.32 Å². The van der Waals surface area contributed by atoms with E-state index < -0.39 is 0 Å². The molecule has 6 heteroatoms. The molecular weight excluding hydrogens is 316 g/mol. The van der Waals surface area contributed by atoms with E-state index in [-0.39, 0.29) is 17.4 Å². The van der Waals surface area contributed by atoms with E-state index in [9.17, 15) is 9.59 Å². The molecule has 0 aliphatic carbocycles. The first-order chi connectivity index (χ1) is 12.1. The summed E-state index contributed by atoms with van der Waals surface area (Å²) in [6, 6.07) is 3.96. The van der Waals surface area contributed by atoms with Gasteiger partial charge in [0, 0.05) is 57.0 Å². The van der Waals surface area contributed by atoms with Crippen LogP contribution in [0, 0.1) is 5.41 Å². The predicted molar refractivity (Wildman–Crippen MR) is 95.8 cm³/mol. The molecular formula is C19H28N4O2. The van der Waals surface area contributed by atoms with Crippen LogP contribution in [0.4, 0.5) is 4.79 Å². The number of urea groups is 1. The third-order valence-corrected chi connectivity index (χ3v) is 5.35. The van der Waals surface area contributed by atoms with Crippen LogP contribution in [0.2, 0.25) is 0 Å². The standard InChI is InChI=1S/C19H28N4O2/c1-2-9-21-18(25)22-12-3-7-19(14-22)8-4-17(24)23(15-19)13-16-5-10-20-11-6-16/h5-6,10-11H,2-4,7-9,12-15H2,1H3,(H,21,25). The molecule has 2 fully saturated rings. The van der Waals surface area contributed by atoms with E-state index in [1.54, 1.807) is 12.4 Å². The molecule has 136 valence electrons. The number of rotatable bonds is 4. The molecule has 3 amide bonds. The van der Waals surface area contributed by atoms with Crippen molar-refractivity contribution in [1.82, 2.24) is 20.1 Å². The zero-order valence-corrected chi connectivity index (χ0v) is 15.0. The Morgan fingerprint density at radius 2 is 2.08 bits per heavy atom. The van der Waals surface area contributed by atoms with Crippen LogP contribution in [-0.4, -0.2) is 52.9 Å². The highest BCUT2D eigenvalue weighted by Crippen LogP contribution is 2.39. The summed E-state index contributed by atoms with van der Waals surface area (Å²) in [4.78, 5) is 32.7. The number of likely N-dealkylation sites (tertiary alicyclic amines) is 2. The van der Waals surface area contributed by atoms with Crippen molar-refractivity contribution >= 4 is 11.9 Å². The fourth-order valence-corrected chi connectivity index (χ4v) is 4.01. The molecule has 2 aliphatic heterocycles. The molecule has 1 N–H and O–H groups in total. The van der Waals surface area contributed by atoms with Crippen LogP contribution in [0.3, 0.4) is 0 Å². The van der Waals surface area contributed by atoms with Crippen LogP contribution in [0.25, 0.3) is 0 Å². The van der Waals surface area contributed by atoms with Gasteiger partial charge in [0.15, 0.2) is 0 Å². The second kappa shape index (κ2) is 7.85. The molecule has 0 aromatic carbocycles. The lowest BCUT2D eigenvalue weighted by Crippen LogP contribution is -2.56. The minimum absolute atomic E-state index is 0.0403. The Morgan fingerprint density at radius 1 is 1.28 bits per heavy atom. The van der Waals surface area contributed by atoms with Gasteiger partial charge < -0.3 is 15.1 Å². The van der Waals surface area contributed by atoms with Crippen molar-refractivity contribution in [3.8, 4) is 0 Å². The molecule has 2 aliphatic rings. The van der Waals surface area contributed by atoms with E-state index in [0.717, 1.165) is 57.4 Å².